The molecule has 2 aromatic carbocycles. The number of aryl methyl sites for hydroxylation is 1. The van der Waals surface area contributed by atoms with Gasteiger partial charge in [0.1, 0.15) is 5.82 Å². The van der Waals surface area contributed by atoms with E-state index in [9.17, 15) is 13.2 Å². The molecule has 0 aromatic heterocycles. The molecule has 5 heteroatoms. The van der Waals surface area contributed by atoms with Crippen molar-refractivity contribution in [2.45, 2.75) is 64.6 Å². The molecular weight excluding hydrogens is 377 g/mol. The minimum Gasteiger partial charge on any atom is -0.353 e. The number of benzene rings is 2. The van der Waals surface area contributed by atoms with Gasteiger partial charge in [-0.1, -0.05) is 51.0 Å². The van der Waals surface area contributed by atoms with Crippen molar-refractivity contribution >= 4 is 0 Å². The van der Waals surface area contributed by atoms with Crippen LogP contribution in [0.15, 0.2) is 30.3 Å². The average Bonchev–Trinajstić information content (AvgIpc) is 2.74. The van der Waals surface area contributed by atoms with E-state index < -0.39 is 17.5 Å². The van der Waals surface area contributed by atoms with Gasteiger partial charge in [0.15, 0.2) is 17.9 Å². The van der Waals surface area contributed by atoms with E-state index in [1.807, 2.05) is 0 Å². The molecule has 0 saturated carbocycles. The fraction of sp³-hybridized carbons (Fsp3) is 0.500. The van der Waals surface area contributed by atoms with Crippen molar-refractivity contribution in [1.82, 2.24) is 0 Å². The summed E-state index contributed by atoms with van der Waals surface area (Å²) < 4.78 is 54.8. The molecule has 1 aliphatic rings. The molecule has 0 radical (unpaired) electrons. The second-order valence-corrected chi connectivity index (χ2v) is 7.61. The van der Waals surface area contributed by atoms with Gasteiger partial charge in [-0.2, -0.15) is 0 Å². The third-order valence-corrected chi connectivity index (χ3v) is 5.58. The van der Waals surface area contributed by atoms with Crippen LogP contribution in [0.2, 0.25) is 0 Å². The van der Waals surface area contributed by atoms with Crippen molar-refractivity contribution in [3.05, 3.63) is 58.9 Å². The van der Waals surface area contributed by atoms with Crippen LogP contribution in [0, 0.1) is 17.5 Å². The van der Waals surface area contributed by atoms with Crippen molar-refractivity contribution in [3.63, 3.8) is 0 Å². The van der Waals surface area contributed by atoms with E-state index in [0.717, 1.165) is 37.7 Å². The van der Waals surface area contributed by atoms with Crippen LogP contribution < -0.4 is 0 Å². The van der Waals surface area contributed by atoms with Crippen molar-refractivity contribution in [2.75, 3.05) is 13.2 Å². The van der Waals surface area contributed by atoms with Crippen LogP contribution in [0.1, 0.15) is 63.0 Å². The van der Waals surface area contributed by atoms with Crippen molar-refractivity contribution in [3.8, 4) is 11.1 Å². The molecule has 2 aromatic rings. The molecule has 29 heavy (non-hydrogen) atoms. The Kier molecular flexibility index (Phi) is 7.73. The van der Waals surface area contributed by atoms with Gasteiger partial charge in [-0.3, -0.25) is 0 Å². The summed E-state index contributed by atoms with van der Waals surface area (Å²) in [5, 5.41) is 0. The molecule has 3 rings (SSSR count). The first-order valence-corrected chi connectivity index (χ1v) is 10.5. The van der Waals surface area contributed by atoms with Crippen molar-refractivity contribution in [1.29, 1.82) is 0 Å². The Bertz CT molecular complexity index is 814. The quantitative estimate of drug-likeness (QED) is 0.451. The van der Waals surface area contributed by atoms with Crippen LogP contribution in [0.5, 0.6) is 0 Å². The lowest BCUT2D eigenvalue weighted by atomic mass is 9.91. The number of ether oxygens (including phenoxy) is 2. The van der Waals surface area contributed by atoms with Crippen LogP contribution >= 0.6 is 0 Å². The second kappa shape index (κ2) is 10.3. The Hall–Kier alpha value is -1.85. The highest BCUT2D eigenvalue weighted by atomic mass is 19.2. The maximum absolute atomic E-state index is 14.7. The first-order chi connectivity index (χ1) is 14.0. The smallest absolute Gasteiger partial charge is 0.167 e. The Morgan fingerprint density at radius 3 is 2.41 bits per heavy atom. The molecule has 158 valence electrons. The Balaban J connectivity index is 1.66. The third-order valence-electron chi connectivity index (χ3n) is 5.58. The first kappa shape index (κ1) is 21.8. The Morgan fingerprint density at radius 2 is 1.76 bits per heavy atom. The SMILES string of the molecule is CCCCCOC1CCC(c2ccc(-c3ccc(CC)c(F)c3F)c(F)c2)CO1. The van der Waals surface area contributed by atoms with Crippen molar-refractivity contribution < 1.29 is 22.6 Å². The van der Waals surface area contributed by atoms with Crippen LogP contribution in [-0.2, 0) is 15.9 Å². The van der Waals surface area contributed by atoms with E-state index in [1.54, 1.807) is 13.0 Å². The van der Waals surface area contributed by atoms with Gasteiger partial charge >= 0.3 is 0 Å². The van der Waals surface area contributed by atoms with Gasteiger partial charge < -0.3 is 9.47 Å². The zero-order valence-corrected chi connectivity index (χ0v) is 17.1. The minimum atomic E-state index is -1.000. The first-order valence-electron chi connectivity index (χ1n) is 10.5. The maximum atomic E-state index is 14.7. The van der Waals surface area contributed by atoms with Gasteiger partial charge in [0.05, 0.1) is 6.61 Å². The molecule has 1 saturated heterocycles. The van der Waals surface area contributed by atoms with Gasteiger partial charge in [0, 0.05) is 23.7 Å². The summed E-state index contributed by atoms with van der Waals surface area (Å²) in [6.45, 7) is 5.06. The molecule has 1 heterocycles. The largest absolute Gasteiger partial charge is 0.353 e. The summed E-state index contributed by atoms with van der Waals surface area (Å²) in [6, 6.07) is 7.68. The van der Waals surface area contributed by atoms with E-state index in [-0.39, 0.29) is 28.9 Å². The summed E-state index contributed by atoms with van der Waals surface area (Å²) in [4.78, 5) is 0. The van der Waals surface area contributed by atoms with Crippen LogP contribution in [-0.4, -0.2) is 19.5 Å². The lowest BCUT2D eigenvalue weighted by Gasteiger charge is -2.29. The fourth-order valence-electron chi connectivity index (χ4n) is 3.76. The van der Waals surface area contributed by atoms with Crippen LogP contribution in [0.4, 0.5) is 13.2 Å². The zero-order valence-electron chi connectivity index (χ0n) is 17.1. The monoisotopic (exact) mass is 406 g/mol. The van der Waals surface area contributed by atoms with Crippen LogP contribution in [0.25, 0.3) is 11.1 Å². The molecule has 2 atom stereocenters. The molecule has 0 amide bonds. The van der Waals surface area contributed by atoms with E-state index in [2.05, 4.69) is 6.92 Å². The molecule has 2 unspecified atom stereocenters. The lowest BCUT2D eigenvalue weighted by Crippen LogP contribution is -2.27. The summed E-state index contributed by atoms with van der Waals surface area (Å²) in [6.07, 6.45) is 5.12. The molecule has 0 spiro atoms. The summed E-state index contributed by atoms with van der Waals surface area (Å²) in [7, 11) is 0. The average molecular weight is 406 g/mol. The van der Waals surface area contributed by atoms with E-state index in [0.29, 0.717) is 19.6 Å². The maximum Gasteiger partial charge on any atom is 0.167 e. The zero-order chi connectivity index (χ0) is 20.8. The van der Waals surface area contributed by atoms with Gasteiger partial charge in [-0.25, -0.2) is 13.2 Å². The normalized spacial score (nSPS) is 19.5. The number of unbranched alkanes of at least 4 members (excludes halogenated alkanes) is 2. The summed E-state index contributed by atoms with van der Waals surface area (Å²) in [5.74, 6) is -2.39. The van der Waals surface area contributed by atoms with Crippen molar-refractivity contribution in [2.24, 2.45) is 0 Å². The highest BCUT2D eigenvalue weighted by Crippen LogP contribution is 2.33. The Labute approximate surface area is 171 Å². The topological polar surface area (TPSA) is 18.5 Å². The van der Waals surface area contributed by atoms with E-state index in [1.165, 1.54) is 24.3 Å². The highest BCUT2D eigenvalue weighted by Gasteiger charge is 2.24. The van der Waals surface area contributed by atoms with E-state index >= 15 is 0 Å². The van der Waals surface area contributed by atoms with E-state index in [4.69, 9.17) is 9.47 Å². The van der Waals surface area contributed by atoms with Gasteiger partial charge in [-0.05, 0) is 42.9 Å². The molecule has 0 bridgehead atoms. The van der Waals surface area contributed by atoms with Crippen LogP contribution in [0.3, 0.4) is 0 Å². The summed E-state index contributed by atoms with van der Waals surface area (Å²) in [5.41, 5.74) is 1.11. The van der Waals surface area contributed by atoms with Gasteiger partial charge in [0.25, 0.3) is 0 Å². The predicted molar refractivity (Wildman–Crippen MR) is 108 cm³/mol. The predicted octanol–water partition coefficient (Wildman–Crippen LogP) is 6.76. The fourth-order valence-corrected chi connectivity index (χ4v) is 3.76. The number of halogens is 3. The summed E-state index contributed by atoms with van der Waals surface area (Å²) >= 11 is 0. The molecule has 0 N–H and O–H groups in total. The molecular formula is C24H29F3O2. The molecule has 0 aliphatic carbocycles. The number of rotatable bonds is 8. The third kappa shape index (κ3) is 5.20. The highest BCUT2D eigenvalue weighted by molar-refractivity contribution is 5.66. The van der Waals surface area contributed by atoms with Gasteiger partial charge in [0.2, 0.25) is 0 Å². The Morgan fingerprint density at radius 1 is 0.966 bits per heavy atom. The molecule has 2 nitrogen and oxygen atoms in total. The second-order valence-electron chi connectivity index (χ2n) is 7.61. The number of hydrogen-bond acceptors (Lipinski definition) is 2. The van der Waals surface area contributed by atoms with Gasteiger partial charge in [-0.15, -0.1) is 0 Å². The minimum absolute atomic E-state index is 0.0517. The lowest BCUT2D eigenvalue weighted by molar-refractivity contribution is -0.167. The standard InChI is InChI=1S/C24H29F3O2/c1-3-5-6-13-28-22-12-9-18(15-29-22)17-8-10-19(21(25)14-17)20-11-7-16(4-2)23(26)24(20)27/h7-8,10-11,14,18,22H,3-6,9,12-13,15H2,1-2H3. The number of hydrogen-bond donors (Lipinski definition) is 0. The molecule has 1 fully saturated rings. The molecule has 1 aliphatic heterocycles.